The molecule has 17 heavy (non-hydrogen) atoms. The lowest BCUT2D eigenvalue weighted by Crippen LogP contribution is -2.26. The average molecular weight is 254 g/mol. The molecule has 0 spiro atoms. The van der Waals surface area contributed by atoms with Gasteiger partial charge in [-0.1, -0.05) is 57.3 Å². The van der Waals surface area contributed by atoms with Gasteiger partial charge >= 0.3 is 0 Å². The molecular formula is C15H24ClN. The normalized spacial score (nSPS) is 13.0. The summed E-state index contributed by atoms with van der Waals surface area (Å²) in [6, 6.07) is 8.60. The van der Waals surface area contributed by atoms with E-state index < -0.39 is 0 Å². The van der Waals surface area contributed by atoms with Crippen LogP contribution in [0.2, 0.25) is 5.02 Å². The van der Waals surface area contributed by atoms with Crippen molar-refractivity contribution >= 4 is 11.6 Å². The molecule has 1 atom stereocenters. The molecule has 0 saturated heterocycles. The Balaban J connectivity index is 2.59. The zero-order valence-electron chi connectivity index (χ0n) is 11.2. The van der Waals surface area contributed by atoms with Crippen LogP contribution in [0, 0.1) is 5.92 Å². The molecule has 0 saturated carbocycles. The summed E-state index contributed by atoms with van der Waals surface area (Å²) in [6.45, 7) is 7.83. The first kappa shape index (κ1) is 14.5. The van der Waals surface area contributed by atoms with Gasteiger partial charge in [-0.15, -0.1) is 0 Å². The molecule has 0 heterocycles. The van der Waals surface area contributed by atoms with Gasteiger partial charge in [0.05, 0.1) is 0 Å². The van der Waals surface area contributed by atoms with Crippen LogP contribution in [0.4, 0.5) is 0 Å². The van der Waals surface area contributed by atoms with Crippen molar-refractivity contribution in [2.75, 3.05) is 6.54 Å². The SMILES string of the molecule is CCC(CC)CNC(CC)c1cccc(Cl)c1. The molecular weight excluding hydrogens is 230 g/mol. The van der Waals surface area contributed by atoms with Gasteiger partial charge in [-0.3, -0.25) is 0 Å². The number of hydrogen-bond donors (Lipinski definition) is 1. The number of rotatable bonds is 7. The van der Waals surface area contributed by atoms with Gasteiger partial charge in [-0.05, 0) is 36.6 Å². The Morgan fingerprint density at radius 1 is 1.12 bits per heavy atom. The van der Waals surface area contributed by atoms with Gasteiger partial charge in [0.25, 0.3) is 0 Å². The van der Waals surface area contributed by atoms with E-state index in [2.05, 4.69) is 38.2 Å². The highest BCUT2D eigenvalue weighted by molar-refractivity contribution is 6.30. The van der Waals surface area contributed by atoms with Gasteiger partial charge in [0.1, 0.15) is 0 Å². The molecule has 0 aliphatic carbocycles. The van der Waals surface area contributed by atoms with Gasteiger partial charge in [0, 0.05) is 11.1 Å². The summed E-state index contributed by atoms with van der Waals surface area (Å²) in [4.78, 5) is 0. The first-order valence-corrected chi connectivity index (χ1v) is 7.07. The summed E-state index contributed by atoms with van der Waals surface area (Å²) >= 11 is 6.04. The highest BCUT2D eigenvalue weighted by Crippen LogP contribution is 2.21. The van der Waals surface area contributed by atoms with Crippen molar-refractivity contribution < 1.29 is 0 Å². The summed E-state index contributed by atoms with van der Waals surface area (Å²) in [7, 11) is 0. The summed E-state index contributed by atoms with van der Waals surface area (Å²) in [5.41, 5.74) is 1.30. The topological polar surface area (TPSA) is 12.0 Å². The van der Waals surface area contributed by atoms with E-state index in [0.29, 0.717) is 6.04 Å². The quantitative estimate of drug-likeness (QED) is 0.735. The van der Waals surface area contributed by atoms with E-state index in [4.69, 9.17) is 11.6 Å². The second-order valence-corrected chi connectivity index (χ2v) is 5.04. The van der Waals surface area contributed by atoms with Gasteiger partial charge in [-0.25, -0.2) is 0 Å². The molecule has 96 valence electrons. The fraction of sp³-hybridized carbons (Fsp3) is 0.600. The molecule has 1 aromatic carbocycles. The Bertz CT molecular complexity index is 320. The fourth-order valence-corrected chi connectivity index (χ4v) is 2.31. The fourth-order valence-electron chi connectivity index (χ4n) is 2.11. The molecule has 0 amide bonds. The zero-order valence-corrected chi connectivity index (χ0v) is 11.9. The molecule has 0 aliphatic rings. The molecule has 0 radical (unpaired) electrons. The zero-order chi connectivity index (χ0) is 12.7. The Kier molecular flexibility index (Phi) is 6.61. The van der Waals surface area contributed by atoms with Crippen molar-refractivity contribution in [3.05, 3.63) is 34.9 Å². The summed E-state index contributed by atoms with van der Waals surface area (Å²) < 4.78 is 0. The minimum atomic E-state index is 0.425. The number of halogens is 1. The van der Waals surface area contributed by atoms with Crippen LogP contribution in [0.15, 0.2) is 24.3 Å². The lowest BCUT2D eigenvalue weighted by Gasteiger charge is -2.21. The maximum Gasteiger partial charge on any atom is 0.0409 e. The van der Waals surface area contributed by atoms with Gasteiger partial charge in [0.15, 0.2) is 0 Å². The van der Waals surface area contributed by atoms with Crippen molar-refractivity contribution in [3.8, 4) is 0 Å². The van der Waals surface area contributed by atoms with Crippen LogP contribution in [0.3, 0.4) is 0 Å². The summed E-state index contributed by atoms with van der Waals surface area (Å²) in [5, 5.41) is 4.48. The highest BCUT2D eigenvalue weighted by Gasteiger charge is 2.11. The minimum absolute atomic E-state index is 0.425. The van der Waals surface area contributed by atoms with Crippen LogP contribution in [-0.2, 0) is 0 Å². The van der Waals surface area contributed by atoms with Crippen molar-refractivity contribution in [3.63, 3.8) is 0 Å². The monoisotopic (exact) mass is 253 g/mol. The molecule has 0 fully saturated rings. The molecule has 0 aliphatic heterocycles. The van der Waals surface area contributed by atoms with Crippen molar-refractivity contribution in [2.24, 2.45) is 5.92 Å². The van der Waals surface area contributed by atoms with Crippen molar-refractivity contribution in [2.45, 2.75) is 46.1 Å². The number of nitrogens with one attached hydrogen (secondary N) is 1. The first-order valence-electron chi connectivity index (χ1n) is 6.70. The smallest absolute Gasteiger partial charge is 0.0409 e. The lowest BCUT2D eigenvalue weighted by molar-refractivity contribution is 0.406. The number of hydrogen-bond acceptors (Lipinski definition) is 1. The maximum absolute atomic E-state index is 6.04. The molecule has 1 rings (SSSR count). The maximum atomic E-state index is 6.04. The molecule has 1 nitrogen and oxygen atoms in total. The van der Waals surface area contributed by atoms with Crippen LogP contribution in [0.25, 0.3) is 0 Å². The molecule has 0 bridgehead atoms. The summed E-state index contributed by atoms with van der Waals surface area (Å²) in [5.74, 6) is 0.781. The third-order valence-corrected chi connectivity index (χ3v) is 3.70. The van der Waals surface area contributed by atoms with E-state index in [1.165, 1.54) is 18.4 Å². The third kappa shape index (κ3) is 4.69. The molecule has 1 unspecified atom stereocenters. The Morgan fingerprint density at radius 2 is 1.82 bits per heavy atom. The van der Waals surface area contributed by atoms with Crippen LogP contribution in [0.1, 0.15) is 51.6 Å². The van der Waals surface area contributed by atoms with Gasteiger partial charge < -0.3 is 5.32 Å². The Morgan fingerprint density at radius 3 is 2.35 bits per heavy atom. The standard InChI is InChI=1S/C15H24ClN/c1-4-12(5-2)11-17-15(6-3)13-8-7-9-14(16)10-13/h7-10,12,15,17H,4-6,11H2,1-3H3. The Labute approximate surface area is 111 Å². The van der Waals surface area contributed by atoms with Crippen molar-refractivity contribution in [1.82, 2.24) is 5.32 Å². The molecule has 1 N–H and O–H groups in total. The summed E-state index contributed by atoms with van der Waals surface area (Å²) in [6.07, 6.45) is 3.59. The van der Waals surface area contributed by atoms with Crippen molar-refractivity contribution in [1.29, 1.82) is 0 Å². The van der Waals surface area contributed by atoms with Crippen LogP contribution in [-0.4, -0.2) is 6.54 Å². The highest BCUT2D eigenvalue weighted by atomic mass is 35.5. The van der Waals surface area contributed by atoms with Crippen LogP contribution in [0.5, 0.6) is 0 Å². The lowest BCUT2D eigenvalue weighted by atomic mass is 10.0. The van der Waals surface area contributed by atoms with E-state index >= 15 is 0 Å². The third-order valence-electron chi connectivity index (χ3n) is 3.47. The van der Waals surface area contributed by atoms with Crippen LogP contribution < -0.4 is 5.32 Å². The largest absolute Gasteiger partial charge is 0.310 e. The predicted molar refractivity (Wildman–Crippen MR) is 76.6 cm³/mol. The predicted octanol–water partition coefficient (Wildman–Crippen LogP) is 4.82. The van der Waals surface area contributed by atoms with E-state index in [1.54, 1.807) is 0 Å². The van der Waals surface area contributed by atoms with E-state index in [9.17, 15) is 0 Å². The minimum Gasteiger partial charge on any atom is -0.310 e. The molecule has 0 aromatic heterocycles. The molecule has 2 heteroatoms. The Hall–Kier alpha value is -0.530. The van der Waals surface area contributed by atoms with E-state index in [0.717, 1.165) is 23.9 Å². The number of benzene rings is 1. The first-order chi connectivity index (χ1) is 8.21. The van der Waals surface area contributed by atoms with E-state index in [1.807, 2.05) is 12.1 Å². The second kappa shape index (κ2) is 7.73. The second-order valence-electron chi connectivity index (χ2n) is 4.61. The van der Waals surface area contributed by atoms with E-state index in [-0.39, 0.29) is 0 Å². The molecule has 1 aromatic rings. The van der Waals surface area contributed by atoms with Gasteiger partial charge in [0.2, 0.25) is 0 Å². The van der Waals surface area contributed by atoms with Gasteiger partial charge in [-0.2, -0.15) is 0 Å². The average Bonchev–Trinajstić information content (AvgIpc) is 2.35. The van der Waals surface area contributed by atoms with Crippen LogP contribution >= 0.6 is 11.6 Å².